The number of halogens is 2. The molecular formula is C31H30ClFN4O5. The Labute approximate surface area is 247 Å². The minimum absolute atomic E-state index is 0.0357. The van der Waals surface area contributed by atoms with Crippen LogP contribution in [0.2, 0.25) is 5.02 Å². The quantitative estimate of drug-likeness (QED) is 0.385. The number of oxime groups is 1. The number of nitrogens with one attached hydrogen (secondary N) is 2. The minimum atomic E-state index is -0.943. The Morgan fingerprint density at radius 1 is 1.17 bits per heavy atom. The average Bonchev–Trinajstić information content (AvgIpc) is 3.48. The molecule has 11 heteroatoms. The Hall–Kier alpha value is -4.31. The Morgan fingerprint density at radius 2 is 2.00 bits per heavy atom. The number of benzene rings is 2. The van der Waals surface area contributed by atoms with E-state index in [4.69, 9.17) is 21.2 Å². The van der Waals surface area contributed by atoms with Gasteiger partial charge in [0.05, 0.1) is 36.0 Å². The maximum Gasteiger partial charge on any atom is 0.309 e. The van der Waals surface area contributed by atoms with Gasteiger partial charge in [0.2, 0.25) is 12.0 Å². The van der Waals surface area contributed by atoms with E-state index in [-0.39, 0.29) is 41.2 Å². The number of aromatic nitrogens is 1. The fraction of sp³-hybridized carbons (Fsp3) is 0.323. The van der Waals surface area contributed by atoms with Crippen molar-refractivity contribution in [1.82, 2.24) is 10.3 Å². The van der Waals surface area contributed by atoms with Crippen LogP contribution < -0.4 is 10.6 Å². The van der Waals surface area contributed by atoms with E-state index in [1.165, 1.54) is 13.2 Å². The van der Waals surface area contributed by atoms with Crippen molar-refractivity contribution < 1.29 is 28.3 Å². The van der Waals surface area contributed by atoms with Gasteiger partial charge in [-0.15, -0.1) is 0 Å². The van der Waals surface area contributed by atoms with Crippen molar-refractivity contribution in [2.45, 2.75) is 51.2 Å². The molecule has 218 valence electrons. The Balaban J connectivity index is 1.40. The molecule has 5 rings (SSSR count). The summed E-state index contributed by atoms with van der Waals surface area (Å²) >= 11 is 5.91. The third-order valence-corrected chi connectivity index (χ3v) is 7.78. The molecule has 0 aliphatic carbocycles. The lowest BCUT2D eigenvalue weighted by atomic mass is 9.94. The van der Waals surface area contributed by atoms with Crippen LogP contribution >= 0.6 is 11.6 Å². The topological polar surface area (TPSA) is 119 Å². The van der Waals surface area contributed by atoms with Crippen LogP contribution in [-0.4, -0.2) is 41.7 Å². The van der Waals surface area contributed by atoms with Gasteiger partial charge in [-0.25, -0.2) is 4.39 Å². The number of rotatable bonds is 5. The smallest absolute Gasteiger partial charge is 0.309 e. The monoisotopic (exact) mass is 592 g/mol. The first-order chi connectivity index (χ1) is 20.2. The van der Waals surface area contributed by atoms with E-state index in [1.54, 1.807) is 24.4 Å². The van der Waals surface area contributed by atoms with E-state index in [1.807, 2.05) is 31.2 Å². The molecule has 2 amide bonds. The normalized spacial score (nSPS) is 20.1. The fourth-order valence-corrected chi connectivity index (χ4v) is 5.25. The molecule has 2 aromatic carbocycles. The van der Waals surface area contributed by atoms with Crippen molar-refractivity contribution >= 4 is 40.8 Å². The highest BCUT2D eigenvalue weighted by Crippen LogP contribution is 2.33. The summed E-state index contributed by atoms with van der Waals surface area (Å²) in [6.45, 7) is 1.85. The van der Waals surface area contributed by atoms with Gasteiger partial charge in [-0.05, 0) is 54.3 Å². The van der Waals surface area contributed by atoms with E-state index < -0.39 is 23.9 Å². The predicted molar refractivity (Wildman–Crippen MR) is 155 cm³/mol. The zero-order chi connectivity index (χ0) is 29.8. The maximum atomic E-state index is 14.5. The lowest BCUT2D eigenvalue weighted by Gasteiger charge is -2.23. The highest BCUT2D eigenvalue weighted by atomic mass is 35.5. The van der Waals surface area contributed by atoms with Gasteiger partial charge in [0, 0.05) is 35.3 Å². The number of fused-ring (bicyclic) bond motifs is 4. The number of hydrogen-bond acceptors (Lipinski definition) is 7. The summed E-state index contributed by atoms with van der Waals surface area (Å²) in [5.41, 5.74) is 3.95. The summed E-state index contributed by atoms with van der Waals surface area (Å²) in [7, 11) is 1.33. The van der Waals surface area contributed by atoms with Gasteiger partial charge in [0.15, 0.2) is 5.82 Å². The molecule has 2 aliphatic heterocycles. The van der Waals surface area contributed by atoms with Crippen LogP contribution in [0.5, 0.6) is 0 Å². The number of esters is 1. The second kappa shape index (κ2) is 12.7. The maximum absolute atomic E-state index is 14.5. The van der Waals surface area contributed by atoms with Crippen LogP contribution in [0.4, 0.5) is 10.1 Å². The molecule has 0 spiro atoms. The zero-order valence-corrected chi connectivity index (χ0v) is 23.9. The van der Waals surface area contributed by atoms with Gasteiger partial charge >= 0.3 is 5.97 Å². The van der Waals surface area contributed by atoms with Crippen molar-refractivity contribution in [1.29, 1.82) is 0 Å². The summed E-state index contributed by atoms with van der Waals surface area (Å²) in [5.74, 6) is -1.84. The second-order valence-corrected chi connectivity index (χ2v) is 10.8. The molecule has 0 saturated carbocycles. The van der Waals surface area contributed by atoms with Gasteiger partial charge < -0.3 is 20.2 Å². The third kappa shape index (κ3) is 6.44. The standard InChI is InChI=1S/C31H30ClFN4O5/c1-17-5-3-8-23(35-31(40)27-16-25(37-42-27)21-6-4-7-22(32)29(21)33)26-15-19(11-12-34-26)20-10-9-18(14-28(38)41-2)13-24(20)36-30(17)39/h4,6-7,9-13,15,17,23,27H,3,5,8,14,16H2,1-2H3,(H,35,40)(H,36,39)/t17-,23+,27?/m1/s1. The molecule has 2 N–H and O–H groups in total. The van der Waals surface area contributed by atoms with Crippen LogP contribution in [0.1, 0.15) is 55.5 Å². The molecule has 42 heavy (non-hydrogen) atoms. The molecule has 2 aliphatic rings. The molecule has 3 aromatic rings. The van der Waals surface area contributed by atoms with Crippen molar-refractivity contribution in [3.8, 4) is 11.1 Å². The molecule has 1 aromatic heterocycles. The number of carbonyl (C=O) groups excluding carboxylic acids is 3. The number of ether oxygens (including phenoxy) is 1. The van der Waals surface area contributed by atoms with Crippen molar-refractivity contribution in [3.63, 3.8) is 0 Å². The van der Waals surface area contributed by atoms with Gasteiger partial charge in [0.1, 0.15) is 0 Å². The largest absolute Gasteiger partial charge is 0.469 e. The highest BCUT2D eigenvalue weighted by molar-refractivity contribution is 6.31. The SMILES string of the molecule is COC(=O)Cc1ccc2c(c1)NC(=O)[C@H](C)CCC[C@H](NC(=O)C1CC(c3cccc(Cl)c3F)=NO1)c1cc-2ccn1. The second-order valence-electron chi connectivity index (χ2n) is 10.4. The zero-order valence-electron chi connectivity index (χ0n) is 23.2. The van der Waals surface area contributed by atoms with E-state index in [2.05, 4.69) is 20.8 Å². The van der Waals surface area contributed by atoms with Gasteiger partial charge in [-0.1, -0.05) is 48.3 Å². The van der Waals surface area contributed by atoms with Crippen LogP contribution in [0, 0.1) is 11.7 Å². The van der Waals surface area contributed by atoms with Crippen LogP contribution in [-0.2, 0) is 30.4 Å². The fourth-order valence-electron chi connectivity index (χ4n) is 5.08. The van der Waals surface area contributed by atoms with Gasteiger partial charge in [0.25, 0.3) is 5.91 Å². The predicted octanol–water partition coefficient (Wildman–Crippen LogP) is 5.37. The van der Waals surface area contributed by atoms with Crippen molar-refractivity contribution in [2.75, 3.05) is 12.4 Å². The first-order valence-electron chi connectivity index (χ1n) is 13.7. The molecule has 2 bridgehead atoms. The highest BCUT2D eigenvalue weighted by Gasteiger charge is 2.32. The van der Waals surface area contributed by atoms with Gasteiger partial charge in [-0.3, -0.25) is 19.4 Å². The van der Waals surface area contributed by atoms with E-state index >= 15 is 0 Å². The number of methoxy groups -OCH3 is 1. The van der Waals surface area contributed by atoms with Gasteiger partial charge in [-0.2, -0.15) is 0 Å². The van der Waals surface area contributed by atoms with E-state index in [0.29, 0.717) is 41.9 Å². The summed E-state index contributed by atoms with van der Waals surface area (Å²) in [4.78, 5) is 48.2. The average molecular weight is 593 g/mol. The molecule has 0 radical (unpaired) electrons. The number of amides is 2. The number of carbonyl (C=O) groups is 3. The van der Waals surface area contributed by atoms with Crippen LogP contribution in [0.25, 0.3) is 11.1 Å². The molecule has 3 heterocycles. The number of hydrogen-bond donors (Lipinski definition) is 2. The molecular weight excluding hydrogens is 563 g/mol. The van der Waals surface area contributed by atoms with E-state index in [0.717, 1.165) is 11.1 Å². The summed E-state index contributed by atoms with van der Waals surface area (Å²) < 4.78 is 19.3. The third-order valence-electron chi connectivity index (χ3n) is 7.48. The minimum Gasteiger partial charge on any atom is -0.469 e. The number of pyridine rings is 1. The Bertz CT molecular complexity index is 1560. The van der Waals surface area contributed by atoms with Crippen LogP contribution in [0.3, 0.4) is 0 Å². The van der Waals surface area contributed by atoms with E-state index in [9.17, 15) is 18.8 Å². The molecule has 0 saturated heterocycles. The first kappa shape index (κ1) is 29.2. The molecule has 0 fully saturated rings. The lowest BCUT2D eigenvalue weighted by Crippen LogP contribution is -2.38. The Kier molecular flexibility index (Phi) is 8.82. The molecule has 9 nitrogen and oxygen atoms in total. The van der Waals surface area contributed by atoms with Crippen molar-refractivity contribution in [2.24, 2.45) is 11.1 Å². The number of anilines is 1. The first-order valence-corrected chi connectivity index (χ1v) is 14.1. The molecule has 1 unspecified atom stereocenters. The summed E-state index contributed by atoms with van der Waals surface area (Å²) in [5, 5.41) is 9.98. The lowest BCUT2D eigenvalue weighted by molar-refractivity contribution is -0.139. The molecule has 3 atom stereocenters. The Morgan fingerprint density at radius 3 is 2.81 bits per heavy atom. The van der Waals surface area contributed by atoms with Crippen molar-refractivity contribution in [3.05, 3.63) is 82.4 Å². The number of nitrogens with zero attached hydrogens (tertiary/aromatic N) is 2. The summed E-state index contributed by atoms with van der Waals surface area (Å²) in [6, 6.07) is 13.3. The summed E-state index contributed by atoms with van der Waals surface area (Å²) in [6.07, 6.45) is 2.63. The van der Waals surface area contributed by atoms with Crippen LogP contribution in [0.15, 0.2) is 59.9 Å².